The van der Waals surface area contributed by atoms with E-state index in [1.165, 1.54) is 17.6 Å². The Morgan fingerprint density at radius 1 is 1.26 bits per heavy atom. The first-order valence-corrected chi connectivity index (χ1v) is 12.0. The largest absolute Gasteiger partial charge is 0.508 e. The maximum absolute atomic E-state index is 13.2. The predicted molar refractivity (Wildman–Crippen MR) is 132 cm³/mol. The third kappa shape index (κ3) is 5.18. The molecule has 1 atom stereocenters. The fourth-order valence-electron chi connectivity index (χ4n) is 3.68. The Morgan fingerprint density at radius 2 is 2.03 bits per heavy atom. The Balaban J connectivity index is 1.64. The maximum atomic E-state index is 13.2. The van der Waals surface area contributed by atoms with Crippen LogP contribution in [0.5, 0.6) is 11.5 Å². The maximum Gasteiger partial charge on any atom is 0.328 e. The molecular weight excluding hydrogens is 452 g/mol. The van der Waals surface area contributed by atoms with E-state index in [1.807, 2.05) is 12.3 Å². The molecule has 0 amide bonds. The number of hydrogen-bond donors (Lipinski definition) is 2. The van der Waals surface area contributed by atoms with Crippen molar-refractivity contribution in [3.05, 3.63) is 74.4 Å². The number of nitrogens with zero attached hydrogens (tertiary/aromatic N) is 1. The summed E-state index contributed by atoms with van der Waals surface area (Å²) >= 11 is 1.47. The molecule has 2 heterocycles. The van der Waals surface area contributed by atoms with Gasteiger partial charge in [-0.15, -0.1) is 11.3 Å². The average Bonchev–Trinajstić information content (AvgIpc) is 3.25. The summed E-state index contributed by atoms with van der Waals surface area (Å²) in [5.41, 5.74) is 8.79. The molecule has 1 unspecified atom stereocenters. The summed E-state index contributed by atoms with van der Waals surface area (Å²) in [6.07, 6.45) is 4.11. The highest BCUT2D eigenvalue weighted by Gasteiger charge is 2.20. The minimum absolute atomic E-state index is 0.145. The van der Waals surface area contributed by atoms with E-state index in [1.54, 1.807) is 36.4 Å². The topological polar surface area (TPSA) is 116 Å². The van der Waals surface area contributed by atoms with Crippen LogP contribution in [-0.4, -0.2) is 22.1 Å². The third-order valence-electron chi connectivity index (χ3n) is 5.56. The number of rotatable bonds is 8. The third-order valence-corrected chi connectivity index (χ3v) is 6.33. The van der Waals surface area contributed by atoms with Gasteiger partial charge in [-0.3, -0.25) is 4.79 Å². The summed E-state index contributed by atoms with van der Waals surface area (Å²) in [4.78, 5) is 30.3. The molecular formula is C26H26N2O5S. The molecule has 3 N–H and O–H groups in total. The minimum Gasteiger partial charge on any atom is -0.508 e. The number of aromatic nitrogens is 1. The van der Waals surface area contributed by atoms with Crippen LogP contribution >= 0.6 is 11.3 Å². The minimum atomic E-state index is -0.887. The molecule has 7 nitrogen and oxygen atoms in total. The molecule has 0 saturated carbocycles. The second-order valence-corrected chi connectivity index (χ2v) is 9.25. The van der Waals surface area contributed by atoms with Gasteiger partial charge < -0.3 is 20.0 Å². The smallest absolute Gasteiger partial charge is 0.328 e. The Bertz CT molecular complexity index is 1370. The summed E-state index contributed by atoms with van der Waals surface area (Å²) in [6, 6.07) is 8.95. The lowest BCUT2D eigenvalue weighted by Gasteiger charge is -2.15. The number of unbranched alkanes of at least 4 members (excludes halogenated alkanes) is 1. The normalized spacial score (nSPS) is 12.1. The second-order valence-electron chi connectivity index (χ2n) is 8.19. The molecule has 0 radical (unpaired) electrons. The standard InChI is InChI=1S/C26H26N2O5S/c1-3-4-5-17-11-19-24(32-13-20(25(19)30)22-14-34-15(2)28-22)12-23(17)33-26(31)21(27)10-16-6-8-18(29)9-7-16/h6-9,11-14,21,29H,3-5,10,27H2,1-2H3. The van der Waals surface area contributed by atoms with Crippen molar-refractivity contribution in [1.29, 1.82) is 0 Å². The average molecular weight is 479 g/mol. The van der Waals surface area contributed by atoms with Crippen LogP contribution < -0.4 is 15.9 Å². The van der Waals surface area contributed by atoms with Crippen molar-refractivity contribution in [2.75, 3.05) is 0 Å². The molecule has 4 aromatic rings. The van der Waals surface area contributed by atoms with Crippen LogP contribution in [0.1, 0.15) is 35.9 Å². The Kier molecular flexibility index (Phi) is 7.09. The highest BCUT2D eigenvalue weighted by molar-refractivity contribution is 7.09. The van der Waals surface area contributed by atoms with E-state index < -0.39 is 12.0 Å². The molecule has 0 spiro atoms. The van der Waals surface area contributed by atoms with Gasteiger partial charge in [0.05, 0.1) is 21.7 Å². The number of fused-ring (bicyclic) bond motifs is 1. The van der Waals surface area contributed by atoms with Crippen LogP contribution in [0.4, 0.5) is 0 Å². The zero-order valence-corrected chi connectivity index (χ0v) is 19.9. The van der Waals surface area contributed by atoms with Gasteiger partial charge in [0.2, 0.25) is 5.43 Å². The van der Waals surface area contributed by atoms with Crippen molar-refractivity contribution in [1.82, 2.24) is 4.98 Å². The van der Waals surface area contributed by atoms with E-state index in [-0.39, 0.29) is 17.6 Å². The van der Waals surface area contributed by atoms with Gasteiger partial charge in [0, 0.05) is 11.4 Å². The predicted octanol–water partition coefficient (Wildman–Crippen LogP) is 4.75. The summed E-state index contributed by atoms with van der Waals surface area (Å²) in [7, 11) is 0. The van der Waals surface area contributed by atoms with Crippen molar-refractivity contribution in [2.45, 2.75) is 45.6 Å². The van der Waals surface area contributed by atoms with Gasteiger partial charge in [0.15, 0.2) is 0 Å². The molecule has 0 aliphatic carbocycles. The molecule has 176 valence electrons. The number of hydrogen-bond acceptors (Lipinski definition) is 8. The Hall–Kier alpha value is -3.49. The second kappa shape index (κ2) is 10.2. The van der Waals surface area contributed by atoms with Gasteiger partial charge in [-0.1, -0.05) is 25.5 Å². The van der Waals surface area contributed by atoms with Crippen molar-refractivity contribution < 1.29 is 19.1 Å². The van der Waals surface area contributed by atoms with Crippen LogP contribution in [0.25, 0.3) is 22.2 Å². The molecule has 0 fully saturated rings. The molecule has 0 aliphatic rings. The van der Waals surface area contributed by atoms with Gasteiger partial charge >= 0.3 is 5.97 Å². The molecule has 8 heteroatoms. The van der Waals surface area contributed by atoms with E-state index in [0.29, 0.717) is 34.4 Å². The summed E-state index contributed by atoms with van der Waals surface area (Å²) in [5.74, 6) is -0.0965. The van der Waals surface area contributed by atoms with Gasteiger partial charge in [-0.2, -0.15) is 0 Å². The number of benzene rings is 2. The van der Waals surface area contributed by atoms with Gasteiger partial charge in [-0.05, 0) is 55.5 Å². The van der Waals surface area contributed by atoms with Crippen LogP contribution in [-0.2, 0) is 17.6 Å². The van der Waals surface area contributed by atoms with E-state index in [2.05, 4.69) is 11.9 Å². The number of esters is 1. The summed E-state index contributed by atoms with van der Waals surface area (Å²) in [5, 5.41) is 12.5. The number of phenolic OH excluding ortho intramolecular Hbond substituents is 1. The first kappa shape index (κ1) is 23.7. The quantitative estimate of drug-likeness (QED) is 0.277. The van der Waals surface area contributed by atoms with Gasteiger partial charge in [-0.25, -0.2) is 9.78 Å². The fraction of sp³-hybridized carbons (Fsp3) is 0.269. The van der Waals surface area contributed by atoms with Crippen LogP contribution in [0.3, 0.4) is 0 Å². The van der Waals surface area contributed by atoms with Crippen molar-refractivity contribution in [3.63, 3.8) is 0 Å². The molecule has 0 bridgehead atoms. The number of thiazole rings is 1. The lowest BCUT2D eigenvalue weighted by Crippen LogP contribution is -2.36. The molecule has 0 saturated heterocycles. The highest BCUT2D eigenvalue weighted by Crippen LogP contribution is 2.29. The number of carbonyl (C=O) groups excluding carboxylic acids is 1. The molecule has 4 rings (SSSR count). The van der Waals surface area contributed by atoms with Gasteiger partial charge in [0.25, 0.3) is 0 Å². The monoisotopic (exact) mass is 478 g/mol. The van der Waals surface area contributed by atoms with E-state index in [4.69, 9.17) is 14.9 Å². The van der Waals surface area contributed by atoms with E-state index >= 15 is 0 Å². The van der Waals surface area contributed by atoms with Crippen molar-refractivity contribution >= 4 is 28.3 Å². The number of nitrogens with two attached hydrogens (primary N) is 1. The molecule has 2 aromatic carbocycles. The molecule has 2 aromatic heterocycles. The number of aromatic hydroxyl groups is 1. The SMILES string of the molecule is CCCCc1cc2c(=O)c(-c3csc(C)n3)coc2cc1OC(=O)C(N)Cc1ccc(O)cc1. The number of ether oxygens (including phenoxy) is 1. The van der Waals surface area contributed by atoms with Gasteiger partial charge in [0.1, 0.15) is 29.4 Å². The number of aryl methyl sites for hydroxylation is 2. The summed E-state index contributed by atoms with van der Waals surface area (Å²) < 4.78 is 11.4. The summed E-state index contributed by atoms with van der Waals surface area (Å²) in [6.45, 7) is 3.95. The van der Waals surface area contributed by atoms with E-state index in [9.17, 15) is 14.7 Å². The lowest BCUT2D eigenvalue weighted by atomic mass is 10.0. The van der Waals surface area contributed by atoms with Crippen LogP contribution in [0.15, 0.2) is 57.3 Å². The first-order chi connectivity index (χ1) is 16.4. The number of carbonyl (C=O) groups is 1. The first-order valence-electron chi connectivity index (χ1n) is 11.1. The fourth-order valence-corrected chi connectivity index (χ4v) is 4.29. The van der Waals surface area contributed by atoms with Crippen LogP contribution in [0, 0.1) is 6.92 Å². The Morgan fingerprint density at radius 3 is 2.71 bits per heavy atom. The highest BCUT2D eigenvalue weighted by atomic mass is 32.1. The zero-order valence-electron chi connectivity index (χ0n) is 19.0. The molecule has 34 heavy (non-hydrogen) atoms. The van der Waals surface area contributed by atoms with Crippen LogP contribution in [0.2, 0.25) is 0 Å². The van der Waals surface area contributed by atoms with Crippen molar-refractivity contribution in [3.8, 4) is 22.8 Å². The van der Waals surface area contributed by atoms with Crippen molar-refractivity contribution in [2.24, 2.45) is 5.73 Å². The van der Waals surface area contributed by atoms with E-state index in [0.717, 1.165) is 29.0 Å². The Labute approximate surface area is 200 Å². The number of phenols is 1. The molecule has 0 aliphatic heterocycles. The zero-order chi connectivity index (χ0) is 24.2. The lowest BCUT2D eigenvalue weighted by molar-refractivity contribution is -0.135.